The number of thiol groups is 2. The Hall–Kier alpha value is -2.46. The molecule has 4 saturated heterocycles. The topological polar surface area (TPSA) is 258 Å². The first-order valence-corrected chi connectivity index (χ1v) is 18.6. The van der Waals surface area contributed by atoms with Crippen LogP contribution in [0, 0.1) is 0 Å². The van der Waals surface area contributed by atoms with E-state index in [0.717, 1.165) is 0 Å². The summed E-state index contributed by atoms with van der Waals surface area (Å²) >= 11 is 8.38. The second-order valence-corrected chi connectivity index (χ2v) is 16.4. The van der Waals surface area contributed by atoms with Crippen molar-refractivity contribution < 1.29 is 46.5 Å². The minimum atomic E-state index is -4.30. The fraction of sp³-hybridized carbons (Fsp3) is 0.524. The Kier molecular flexibility index (Phi) is 7.00. The largest absolute Gasteiger partial charge is 0.387 e. The number of hydrogen-bond donors (Lipinski definition) is 5. The van der Waals surface area contributed by atoms with Gasteiger partial charge in [0.15, 0.2) is 35.4 Å². The van der Waals surface area contributed by atoms with Gasteiger partial charge in [0, 0.05) is 0 Å². The van der Waals surface area contributed by atoms with E-state index in [4.69, 9.17) is 43.8 Å². The van der Waals surface area contributed by atoms with E-state index in [1.165, 1.54) is 29.9 Å². The SMILES string of the molecule is Nc1ncnc2c1ncn2[C@@H]1O[C@@H]2CO[P@](=O)(S)O[C@H]3[C@H]4OC[C@]3(CO[P@](=O)(S)O[C@@H]1[C@@H]2O)O[C@H]4n1cnc2c(N)ncnc21. The molecule has 4 bridgehead atoms. The molecule has 20 nitrogen and oxygen atoms in total. The molecule has 0 aromatic carbocycles. The van der Waals surface area contributed by atoms with Crippen LogP contribution in [0.3, 0.4) is 0 Å². The minimum Gasteiger partial charge on any atom is -0.387 e. The lowest BCUT2D eigenvalue weighted by Gasteiger charge is -2.32. The van der Waals surface area contributed by atoms with Gasteiger partial charge in [-0.05, 0) is 0 Å². The zero-order valence-corrected chi connectivity index (χ0v) is 26.2. The van der Waals surface area contributed by atoms with Crippen LogP contribution in [0.2, 0.25) is 0 Å². The van der Waals surface area contributed by atoms with Gasteiger partial charge in [-0.2, -0.15) is 0 Å². The third kappa shape index (κ3) is 4.86. The second kappa shape index (κ2) is 10.5. The van der Waals surface area contributed by atoms with Gasteiger partial charge in [0.25, 0.3) is 0 Å². The zero-order valence-electron chi connectivity index (χ0n) is 22.6. The molecule has 4 fully saturated rings. The number of rotatable bonds is 2. The summed E-state index contributed by atoms with van der Waals surface area (Å²) in [5.74, 6) is 0.259. The number of nitrogen functional groups attached to an aromatic ring is 2. The maximum Gasteiger partial charge on any atom is 0.386 e. The second-order valence-electron chi connectivity index (χ2n) is 10.7. The van der Waals surface area contributed by atoms with Crippen molar-refractivity contribution in [3.05, 3.63) is 25.3 Å². The Morgan fingerprint density at radius 2 is 1.47 bits per heavy atom. The molecule has 45 heavy (non-hydrogen) atoms. The summed E-state index contributed by atoms with van der Waals surface area (Å²) in [5.41, 5.74) is 11.6. The number of imidazole rings is 2. The number of aromatic nitrogens is 8. The van der Waals surface area contributed by atoms with Crippen molar-refractivity contribution in [2.75, 3.05) is 31.3 Å². The van der Waals surface area contributed by atoms with Crippen LogP contribution in [0.1, 0.15) is 12.5 Å². The van der Waals surface area contributed by atoms with Gasteiger partial charge in [-0.15, -0.1) is 0 Å². The molecule has 240 valence electrons. The number of anilines is 2. The molecule has 4 aliphatic heterocycles. The van der Waals surface area contributed by atoms with Gasteiger partial charge in [-0.3, -0.25) is 27.2 Å². The van der Waals surface area contributed by atoms with Crippen LogP contribution in [0.25, 0.3) is 22.3 Å². The van der Waals surface area contributed by atoms with E-state index in [1.54, 1.807) is 4.57 Å². The molecule has 0 radical (unpaired) electrons. The number of nitrogens with zero attached hydrogens (tertiary/aromatic N) is 8. The molecule has 10 atom stereocenters. The van der Waals surface area contributed by atoms with Crippen molar-refractivity contribution in [3.8, 4) is 0 Å². The third-order valence-electron chi connectivity index (χ3n) is 7.98. The maximum atomic E-state index is 13.7. The van der Waals surface area contributed by atoms with Gasteiger partial charge in [0.2, 0.25) is 0 Å². The van der Waals surface area contributed by atoms with Crippen molar-refractivity contribution in [1.82, 2.24) is 39.0 Å². The molecule has 8 heterocycles. The lowest BCUT2D eigenvalue weighted by atomic mass is 10.0. The van der Waals surface area contributed by atoms with Crippen LogP contribution in [-0.2, 0) is 41.4 Å². The van der Waals surface area contributed by atoms with E-state index in [-0.39, 0.29) is 29.4 Å². The molecule has 4 aromatic heterocycles. The lowest BCUT2D eigenvalue weighted by Crippen LogP contribution is -2.45. The highest BCUT2D eigenvalue weighted by Gasteiger charge is 2.66. The summed E-state index contributed by atoms with van der Waals surface area (Å²) in [5, 5.41) is 11.2. The normalized spacial score (nSPS) is 40.3. The molecule has 0 spiro atoms. The number of ether oxygens (including phenoxy) is 3. The van der Waals surface area contributed by atoms with Crippen LogP contribution in [0.15, 0.2) is 25.3 Å². The Morgan fingerprint density at radius 3 is 2.13 bits per heavy atom. The predicted molar refractivity (Wildman–Crippen MR) is 157 cm³/mol. The minimum absolute atomic E-state index is 0.105. The number of hydrogen-bond acceptors (Lipinski definition) is 18. The van der Waals surface area contributed by atoms with Crippen molar-refractivity contribution in [2.24, 2.45) is 0 Å². The third-order valence-corrected chi connectivity index (χ3v) is 11.2. The van der Waals surface area contributed by atoms with Gasteiger partial charge in [0.1, 0.15) is 59.8 Å². The highest BCUT2D eigenvalue weighted by molar-refractivity contribution is 8.44. The quantitative estimate of drug-likeness (QED) is 0.142. The molecule has 0 amide bonds. The monoisotopic (exact) mass is 702 g/mol. The van der Waals surface area contributed by atoms with E-state index in [9.17, 15) is 14.2 Å². The summed E-state index contributed by atoms with van der Waals surface area (Å²) in [4.78, 5) is 24.8. The van der Waals surface area contributed by atoms with Crippen LogP contribution >= 0.6 is 38.1 Å². The van der Waals surface area contributed by atoms with Crippen molar-refractivity contribution >= 4 is 72.1 Å². The van der Waals surface area contributed by atoms with Crippen LogP contribution in [0.4, 0.5) is 11.6 Å². The first kappa shape index (κ1) is 29.9. The summed E-state index contributed by atoms with van der Waals surface area (Å²) in [7, 11) is 0. The number of nitrogens with two attached hydrogens (primary N) is 2. The van der Waals surface area contributed by atoms with Crippen LogP contribution in [-0.4, -0.2) is 100 Å². The standard InChI is InChI=1S/C21H24N10O10P2S2/c22-15-9-17(26-4-24-15)30(6-28-9)19-12-11(32)8(38-19)1-36-42(33,44)41-14-13-20(31-7-29-10-16(23)25-5-27-18(10)31)39-21(14,2-35-13)3-37-43(34,45)40-12/h4-8,11-14,19-20,32H,1-3H2,(H,33,44)(H,34,45)(H2,22,24,26)(H2,23,25,27)/t8-,11-,12-,13-,14+,19-,20-,21-,42+,43+/m1/s1. The van der Waals surface area contributed by atoms with E-state index < -0.39 is 75.4 Å². The average Bonchev–Trinajstić information content (AvgIpc) is 3.80. The molecule has 0 unspecified atom stereocenters. The highest BCUT2D eigenvalue weighted by atomic mass is 32.7. The highest BCUT2D eigenvalue weighted by Crippen LogP contribution is 2.63. The average molecular weight is 703 g/mol. The Bertz CT molecular complexity index is 1920. The van der Waals surface area contributed by atoms with E-state index in [0.29, 0.717) is 11.2 Å². The molecule has 5 N–H and O–H groups in total. The van der Waals surface area contributed by atoms with Crippen molar-refractivity contribution in [2.45, 2.75) is 48.6 Å². The van der Waals surface area contributed by atoms with Gasteiger partial charge in [-0.1, -0.05) is 24.5 Å². The fourth-order valence-electron chi connectivity index (χ4n) is 5.90. The Balaban J connectivity index is 1.14. The summed E-state index contributed by atoms with van der Waals surface area (Å²) < 4.78 is 71.9. The van der Waals surface area contributed by atoms with Gasteiger partial charge >= 0.3 is 13.6 Å². The zero-order chi connectivity index (χ0) is 31.3. The van der Waals surface area contributed by atoms with Crippen LogP contribution < -0.4 is 11.5 Å². The van der Waals surface area contributed by atoms with E-state index >= 15 is 0 Å². The molecule has 8 rings (SSSR count). The molecular weight excluding hydrogens is 678 g/mol. The molecular formula is C21H24N10O10P2S2. The maximum absolute atomic E-state index is 13.7. The Labute approximate surface area is 262 Å². The van der Waals surface area contributed by atoms with Gasteiger partial charge in [0.05, 0.1) is 32.5 Å². The number of aliphatic hydroxyl groups is 1. The van der Waals surface area contributed by atoms with Crippen molar-refractivity contribution in [3.63, 3.8) is 0 Å². The van der Waals surface area contributed by atoms with Crippen LogP contribution in [0.5, 0.6) is 0 Å². The molecule has 4 aliphatic rings. The summed E-state index contributed by atoms with van der Waals surface area (Å²) in [6.07, 6.45) is -2.87. The molecule has 4 aromatic rings. The molecule has 0 aliphatic carbocycles. The molecule has 24 heteroatoms. The molecule has 0 saturated carbocycles. The summed E-state index contributed by atoms with van der Waals surface area (Å²) in [6, 6.07) is 0. The Morgan fingerprint density at radius 1 is 0.844 bits per heavy atom. The fourth-order valence-corrected chi connectivity index (χ4v) is 8.88. The van der Waals surface area contributed by atoms with E-state index in [2.05, 4.69) is 54.4 Å². The smallest absolute Gasteiger partial charge is 0.386 e. The number of aliphatic hydroxyl groups excluding tert-OH is 1. The van der Waals surface area contributed by atoms with Crippen molar-refractivity contribution in [1.29, 1.82) is 0 Å². The predicted octanol–water partition coefficient (Wildman–Crippen LogP) is 0.648. The lowest BCUT2D eigenvalue weighted by molar-refractivity contribution is -0.182. The van der Waals surface area contributed by atoms with Gasteiger partial charge < -0.3 is 30.8 Å². The van der Waals surface area contributed by atoms with Gasteiger partial charge in [-0.25, -0.2) is 39.0 Å². The first-order chi connectivity index (χ1) is 21.5. The van der Waals surface area contributed by atoms with E-state index in [1.807, 2.05) is 0 Å². The summed E-state index contributed by atoms with van der Waals surface area (Å²) in [6.45, 7) is -9.57. The number of fused-ring (bicyclic) bond motifs is 4. The first-order valence-electron chi connectivity index (χ1n) is 13.3.